The predicted molar refractivity (Wildman–Crippen MR) is 129 cm³/mol. The van der Waals surface area contributed by atoms with Gasteiger partial charge in [-0.05, 0) is 48.7 Å². The summed E-state index contributed by atoms with van der Waals surface area (Å²) in [7, 11) is 0. The number of amides is 2. The van der Waals surface area contributed by atoms with Gasteiger partial charge in [0, 0.05) is 50.9 Å². The number of benzene rings is 2. The van der Waals surface area contributed by atoms with Crippen LogP contribution in [0, 0.1) is 0 Å². The van der Waals surface area contributed by atoms with Crippen molar-refractivity contribution >= 4 is 23.0 Å². The van der Waals surface area contributed by atoms with Gasteiger partial charge in [0.05, 0.1) is 5.52 Å². The highest BCUT2D eigenvalue weighted by Crippen LogP contribution is 2.22. The zero-order chi connectivity index (χ0) is 25.8. The lowest BCUT2D eigenvalue weighted by Gasteiger charge is -2.42. The van der Waals surface area contributed by atoms with Gasteiger partial charge in [0.1, 0.15) is 17.9 Å². The number of carbonyl (C=O) groups excluding carboxylic acids is 2. The van der Waals surface area contributed by atoms with Crippen LogP contribution in [-0.2, 0) is 11.3 Å². The summed E-state index contributed by atoms with van der Waals surface area (Å²) in [6, 6.07) is 11.8. The number of ether oxygens (including phenoxy) is 2. The number of nitrogens with one attached hydrogen (secondary N) is 1. The maximum atomic E-state index is 12.9. The first-order chi connectivity index (χ1) is 18.0. The van der Waals surface area contributed by atoms with E-state index in [4.69, 9.17) is 4.74 Å². The molecule has 0 spiro atoms. The average molecular weight is 515 g/mol. The highest BCUT2D eigenvalue weighted by atomic mass is 19.3. The first kappa shape index (κ1) is 24.9. The molecular formula is C25H28F2N6O4. The van der Waals surface area contributed by atoms with E-state index in [9.17, 15) is 18.4 Å². The van der Waals surface area contributed by atoms with Crippen LogP contribution in [0.15, 0.2) is 42.5 Å². The van der Waals surface area contributed by atoms with Gasteiger partial charge in [-0.1, -0.05) is 17.3 Å². The molecular weight excluding hydrogens is 486 g/mol. The third-order valence-corrected chi connectivity index (χ3v) is 6.92. The fraction of sp³-hybridized carbons (Fsp3) is 0.440. The van der Waals surface area contributed by atoms with Crippen molar-refractivity contribution in [1.82, 2.24) is 30.1 Å². The number of likely N-dealkylation sites (tertiary alicyclic amines) is 1. The first-order valence-electron chi connectivity index (χ1n) is 12.3. The molecule has 1 N–H and O–H groups in total. The van der Waals surface area contributed by atoms with E-state index >= 15 is 0 Å². The van der Waals surface area contributed by atoms with Gasteiger partial charge in [0.25, 0.3) is 5.91 Å². The van der Waals surface area contributed by atoms with E-state index in [2.05, 4.69) is 25.0 Å². The van der Waals surface area contributed by atoms with Crippen molar-refractivity contribution in [3.8, 4) is 5.75 Å². The number of alkyl halides is 2. The molecule has 0 unspecified atom stereocenters. The molecule has 2 amide bonds. The van der Waals surface area contributed by atoms with Gasteiger partial charge in [0.2, 0.25) is 0 Å². The summed E-state index contributed by atoms with van der Waals surface area (Å²) >= 11 is 0. The summed E-state index contributed by atoms with van der Waals surface area (Å²) < 4.78 is 34.2. The van der Waals surface area contributed by atoms with E-state index in [0.29, 0.717) is 48.9 Å². The number of hydrogen-bond acceptors (Lipinski definition) is 7. The molecule has 196 valence electrons. The van der Waals surface area contributed by atoms with Crippen LogP contribution in [0.5, 0.6) is 5.75 Å². The molecule has 2 aromatic carbocycles. The molecule has 3 aromatic rings. The van der Waals surface area contributed by atoms with Gasteiger partial charge in [-0.3, -0.25) is 14.8 Å². The van der Waals surface area contributed by atoms with Crippen LogP contribution in [0.2, 0.25) is 0 Å². The molecule has 0 saturated carbocycles. The fourth-order valence-corrected chi connectivity index (χ4v) is 4.86. The van der Waals surface area contributed by atoms with E-state index < -0.39 is 12.7 Å². The molecule has 0 radical (unpaired) electrons. The summed E-state index contributed by atoms with van der Waals surface area (Å²) in [5, 5.41) is 10.5. The minimum Gasteiger partial charge on any atom is -0.445 e. The number of halogens is 2. The lowest BCUT2D eigenvalue weighted by Crippen LogP contribution is -2.54. The average Bonchev–Trinajstić information content (AvgIpc) is 3.40. The predicted octanol–water partition coefficient (Wildman–Crippen LogP) is 3.12. The zero-order valence-electron chi connectivity index (χ0n) is 20.2. The van der Waals surface area contributed by atoms with Crippen LogP contribution < -0.4 is 4.74 Å². The maximum absolute atomic E-state index is 12.9. The van der Waals surface area contributed by atoms with Gasteiger partial charge in [-0.2, -0.15) is 8.78 Å². The number of carbonyl (C=O) groups is 2. The first-order valence-corrected chi connectivity index (χ1v) is 12.3. The Morgan fingerprint density at radius 3 is 2.41 bits per heavy atom. The van der Waals surface area contributed by atoms with E-state index in [-0.39, 0.29) is 18.3 Å². The molecule has 1 aromatic heterocycles. The molecule has 2 fully saturated rings. The third kappa shape index (κ3) is 5.96. The largest absolute Gasteiger partial charge is 0.445 e. The number of piperidine rings is 1. The van der Waals surface area contributed by atoms with Crippen LogP contribution in [0.4, 0.5) is 13.6 Å². The molecule has 2 aliphatic rings. The summed E-state index contributed by atoms with van der Waals surface area (Å²) in [4.78, 5) is 31.4. The quantitative estimate of drug-likeness (QED) is 0.539. The molecule has 0 atom stereocenters. The molecule has 37 heavy (non-hydrogen) atoms. The Bertz CT molecular complexity index is 1220. The second kappa shape index (κ2) is 11.1. The SMILES string of the molecule is O=C(OCc1ccc(OC(F)F)cc1)N1CCN(C2CCN(C(=O)c3ccc4[nH]nnc4c3)CC2)CC1. The van der Waals surface area contributed by atoms with E-state index in [0.717, 1.165) is 31.4 Å². The summed E-state index contributed by atoms with van der Waals surface area (Å²) in [6.45, 7) is 1.18. The number of piperazine rings is 1. The number of H-pyrrole nitrogens is 1. The minimum atomic E-state index is -2.88. The van der Waals surface area contributed by atoms with Gasteiger partial charge in [-0.25, -0.2) is 4.79 Å². The second-order valence-corrected chi connectivity index (χ2v) is 9.17. The van der Waals surface area contributed by atoms with E-state index in [1.165, 1.54) is 12.1 Å². The molecule has 5 rings (SSSR count). The summed E-state index contributed by atoms with van der Waals surface area (Å²) in [5.41, 5.74) is 2.78. The van der Waals surface area contributed by atoms with Gasteiger partial charge >= 0.3 is 12.7 Å². The molecule has 12 heteroatoms. The van der Waals surface area contributed by atoms with Crippen molar-refractivity contribution in [3.63, 3.8) is 0 Å². The van der Waals surface area contributed by atoms with Crippen molar-refractivity contribution in [2.45, 2.75) is 32.1 Å². The number of rotatable bonds is 6. The summed E-state index contributed by atoms with van der Waals surface area (Å²) in [6.07, 6.45) is 1.37. The Balaban J connectivity index is 1.04. The fourth-order valence-electron chi connectivity index (χ4n) is 4.86. The highest BCUT2D eigenvalue weighted by molar-refractivity contribution is 5.97. The molecule has 3 heterocycles. The van der Waals surface area contributed by atoms with Gasteiger partial charge in [0.15, 0.2) is 0 Å². The Hall–Kier alpha value is -3.80. The number of aromatic nitrogens is 3. The van der Waals surface area contributed by atoms with Crippen molar-refractivity contribution in [1.29, 1.82) is 0 Å². The van der Waals surface area contributed by atoms with Gasteiger partial charge < -0.3 is 19.3 Å². The molecule has 2 saturated heterocycles. The Morgan fingerprint density at radius 2 is 1.70 bits per heavy atom. The van der Waals surface area contributed by atoms with Crippen LogP contribution in [0.1, 0.15) is 28.8 Å². The van der Waals surface area contributed by atoms with Crippen molar-refractivity contribution < 1.29 is 27.8 Å². The van der Waals surface area contributed by atoms with Crippen LogP contribution in [0.3, 0.4) is 0 Å². The standard InChI is InChI=1S/C25H28F2N6O4/c26-24(27)37-20-4-1-17(2-5-20)16-36-25(35)33-13-11-31(12-14-33)19-7-9-32(10-8-19)23(34)18-3-6-21-22(15-18)29-30-28-21/h1-6,15,19,24H,7-14,16H2,(H,28,29,30). The highest BCUT2D eigenvalue weighted by Gasteiger charge is 2.31. The number of fused-ring (bicyclic) bond motifs is 1. The lowest BCUT2D eigenvalue weighted by atomic mass is 10.0. The van der Waals surface area contributed by atoms with Crippen LogP contribution in [-0.4, -0.2) is 94.0 Å². The minimum absolute atomic E-state index is 0.00658. The monoisotopic (exact) mass is 514 g/mol. The van der Waals surface area contributed by atoms with Gasteiger partial charge in [-0.15, -0.1) is 5.10 Å². The molecule has 2 aliphatic heterocycles. The normalized spacial score (nSPS) is 17.4. The molecule has 0 aliphatic carbocycles. The zero-order valence-corrected chi connectivity index (χ0v) is 20.2. The Kier molecular flexibility index (Phi) is 7.45. The van der Waals surface area contributed by atoms with Crippen molar-refractivity contribution in [2.75, 3.05) is 39.3 Å². The smallest absolute Gasteiger partial charge is 0.410 e. The Labute approximate surface area is 212 Å². The maximum Gasteiger partial charge on any atom is 0.410 e. The lowest BCUT2D eigenvalue weighted by molar-refractivity contribution is -0.0498. The van der Waals surface area contributed by atoms with Crippen LogP contribution >= 0.6 is 0 Å². The van der Waals surface area contributed by atoms with Crippen LogP contribution in [0.25, 0.3) is 11.0 Å². The Morgan fingerprint density at radius 1 is 0.973 bits per heavy atom. The molecule has 10 nitrogen and oxygen atoms in total. The number of nitrogens with zero attached hydrogens (tertiary/aromatic N) is 5. The van der Waals surface area contributed by atoms with Crippen molar-refractivity contribution in [3.05, 3.63) is 53.6 Å². The van der Waals surface area contributed by atoms with E-state index in [1.807, 2.05) is 11.0 Å². The molecule has 0 bridgehead atoms. The van der Waals surface area contributed by atoms with E-state index in [1.54, 1.807) is 29.2 Å². The number of aromatic amines is 1. The summed E-state index contributed by atoms with van der Waals surface area (Å²) in [5.74, 6) is 0.0663. The second-order valence-electron chi connectivity index (χ2n) is 9.17. The topological polar surface area (TPSA) is 104 Å². The van der Waals surface area contributed by atoms with Crippen molar-refractivity contribution in [2.24, 2.45) is 0 Å². The number of hydrogen-bond donors (Lipinski definition) is 1. The third-order valence-electron chi connectivity index (χ3n) is 6.92.